The molecule has 2 aromatic rings. The van der Waals surface area contributed by atoms with E-state index in [1.165, 1.54) is 0 Å². The van der Waals surface area contributed by atoms with Gasteiger partial charge in [0.2, 0.25) is 0 Å². The van der Waals surface area contributed by atoms with Crippen LogP contribution in [0.2, 0.25) is 0 Å². The number of aromatic nitrogens is 2. The molecule has 0 aliphatic heterocycles. The summed E-state index contributed by atoms with van der Waals surface area (Å²) < 4.78 is 8.84. The highest BCUT2D eigenvalue weighted by molar-refractivity contribution is 5.07. The van der Waals surface area contributed by atoms with E-state index in [-0.39, 0.29) is 5.69 Å². The van der Waals surface area contributed by atoms with E-state index in [1.54, 1.807) is 28.6 Å². The van der Waals surface area contributed by atoms with Gasteiger partial charge in [0, 0.05) is 25.5 Å². The molecule has 0 unspecified atom stereocenters. The summed E-state index contributed by atoms with van der Waals surface area (Å²) in [5.74, 6) is 1.69. The number of aryl methyl sites for hydroxylation is 1. The van der Waals surface area contributed by atoms with Gasteiger partial charge in [0.05, 0.1) is 13.1 Å². The summed E-state index contributed by atoms with van der Waals surface area (Å²) in [6.45, 7) is 5.36. The van der Waals surface area contributed by atoms with Gasteiger partial charge >= 0.3 is 5.69 Å². The van der Waals surface area contributed by atoms with Gasteiger partial charge in [-0.1, -0.05) is 13.8 Å². The van der Waals surface area contributed by atoms with Crippen molar-refractivity contribution in [1.82, 2.24) is 14.5 Å². The minimum Gasteiger partial charge on any atom is -0.463 e. The first-order chi connectivity index (χ1) is 8.56. The molecular formula is C13H19N3O2. The molecule has 0 spiro atoms. The first kappa shape index (κ1) is 12.7. The van der Waals surface area contributed by atoms with Gasteiger partial charge in [-0.3, -0.25) is 4.57 Å². The fourth-order valence-electron chi connectivity index (χ4n) is 1.71. The van der Waals surface area contributed by atoms with Crippen LogP contribution in [-0.2, 0) is 20.1 Å². The summed E-state index contributed by atoms with van der Waals surface area (Å²) in [6, 6.07) is 4.28. The molecule has 0 atom stereocenters. The number of nitrogens with zero attached hydrogens (tertiary/aromatic N) is 2. The molecule has 0 saturated carbocycles. The van der Waals surface area contributed by atoms with Gasteiger partial charge < -0.3 is 14.3 Å². The SMILES string of the molecule is CC(C)NCc1ccc(Cn2ccn(C)c2=O)o1. The van der Waals surface area contributed by atoms with Crippen LogP contribution < -0.4 is 11.0 Å². The second-order valence-corrected chi connectivity index (χ2v) is 4.72. The van der Waals surface area contributed by atoms with E-state index in [9.17, 15) is 4.79 Å². The maximum atomic E-state index is 11.7. The molecule has 0 fully saturated rings. The van der Waals surface area contributed by atoms with Crippen LogP contribution in [0.5, 0.6) is 0 Å². The Balaban J connectivity index is 2.02. The lowest BCUT2D eigenvalue weighted by molar-refractivity contribution is 0.425. The Morgan fingerprint density at radius 2 is 2.00 bits per heavy atom. The second-order valence-electron chi connectivity index (χ2n) is 4.72. The van der Waals surface area contributed by atoms with Crippen LogP contribution in [0.1, 0.15) is 25.4 Å². The average Bonchev–Trinajstić information content (AvgIpc) is 2.89. The van der Waals surface area contributed by atoms with Crippen molar-refractivity contribution in [3.63, 3.8) is 0 Å². The third-order valence-corrected chi connectivity index (χ3v) is 2.75. The summed E-state index contributed by atoms with van der Waals surface area (Å²) in [6.07, 6.45) is 3.50. The van der Waals surface area contributed by atoms with Crippen molar-refractivity contribution in [2.45, 2.75) is 33.0 Å². The minimum atomic E-state index is -0.0340. The first-order valence-electron chi connectivity index (χ1n) is 6.09. The van der Waals surface area contributed by atoms with Crippen LogP contribution in [0.3, 0.4) is 0 Å². The minimum absolute atomic E-state index is 0.0340. The Bertz CT molecular complexity index is 563. The van der Waals surface area contributed by atoms with Crippen LogP contribution in [0.25, 0.3) is 0 Å². The molecule has 0 aliphatic carbocycles. The van der Waals surface area contributed by atoms with Gasteiger partial charge in [-0.05, 0) is 12.1 Å². The van der Waals surface area contributed by atoms with E-state index in [1.807, 2.05) is 12.1 Å². The fraction of sp³-hybridized carbons (Fsp3) is 0.462. The summed E-state index contributed by atoms with van der Waals surface area (Å²) in [5, 5.41) is 3.29. The Morgan fingerprint density at radius 3 is 2.61 bits per heavy atom. The molecule has 0 bridgehead atoms. The lowest BCUT2D eigenvalue weighted by Crippen LogP contribution is -2.22. The Kier molecular flexibility index (Phi) is 3.72. The zero-order valence-electron chi connectivity index (χ0n) is 11.0. The lowest BCUT2D eigenvalue weighted by atomic mass is 10.3. The van der Waals surface area contributed by atoms with Crippen molar-refractivity contribution in [2.24, 2.45) is 7.05 Å². The highest BCUT2D eigenvalue weighted by Gasteiger charge is 2.06. The smallest absolute Gasteiger partial charge is 0.328 e. The van der Waals surface area contributed by atoms with Crippen molar-refractivity contribution in [2.75, 3.05) is 0 Å². The quantitative estimate of drug-likeness (QED) is 0.869. The predicted octanol–water partition coefficient (Wildman–Crippen LogP) is 1.33. The standard InChI is InChI=1S/C13H19N3O2/c1-10(2)14-8-11-4-5-12(18-11)9-16-7-6-15(3)13(16)17/h4-7,10,14H,8-9H2,1-3H3. The Hall–Kier alpha value is -1.75. The molecule has 0 saturated heterocycles. The maximum absolute atomic E-state index is 11.7. The molecule has 2 rings (SSSR count). The molecule has 5 heteroatoms. The average molecular weight is 249 g/mol. The van der Waals surface area contributed by atoms with Gasteiger partial charge in [0.25, 0.3) is 0 Å². The molecule has 0 aromatic carbocycles. The second kappa shape index (κ2) is 5.27. The predicted molar refractivity (Wildman–Crippen MR) is 69.5 cm³/mol. The summed E-state index contributed by atoms with van der Waals surface area (Å²) in [5.41, 5.74) is -0.0340. The van der Waals surface area contributed by atoms with Crippen molar-refractivity contribution in [1.29, 1.82) is 0 Å². The molecular weight excluding hydrogens is 230 g/mol. The van der Waals surface area contributed by atoms with Gasteiger partial charge in [-0.2, -0.15) is 0 Å². The fourth-order valence-corrected chi connectivity index (χ4v) is 1.71. The highest BCUT2D eigenvalue weighted by atomic mass is 16.3. The summed E-state index contributed by atoms with van der Waals surface area (Å²) in [4.78, 5) is 11.7. The van der Waals surface area contributed by atoms with Crippen LogP contribution >= 0.6 is 0 Å². The Morgan fingerprint density at radius 1 is 1.28 bits per heavy atom. The summed E-state index contributed by atoms with van der Waals surface area (Å²) >= 11 is 0. The molecule has 98 valence electrons. The van der Waals surface area contributed by atoms with Crippen LogP contribution in [0.15, 0.2) is 33.7 Å². The first-order valence-corrected chi connectivity index (χ1v) is 6.09. The van der Waals surface area contributed by atoms with Crippen molar-refractivity contribution in [3.8, 4) is 0 Å². The van der Waals surface area contributed by atoms with E-state index in [0.717, 1.165) is 11.5 Å². The molecule has 2 aromatic heterocycles. The maximum Gasteiger partial charge on any atom is 0.328 e. The van der Waals surface area contributed by atoms with E-state index >= 15 is 0 Å². The number of rotatable bonds is 5. The number of imidazole rings is 1. The number of hydrogen-bond acceptors (Lipinski definition) is 3. The van der Waals surface area contributed by atoms with Crippen LogP contribution in [-0.4, -0.2) is 15.2 Å². The molecule has 5 nitrogen and oxygen atoms in total. The molecule has 18 heavy (non-hydrogen) atoms. The van der Waals surface area contributed by atoms with Crippen molar-refractivity contribution >= 4 is 0 Å². The number of furan rings is 1. The van der Waals surface area contributed by atoms with Gasteiger partial charge in [0.1, 0.15) is 11.5 Å². The highest BCUT2D eigenvalue weighted by Crippen LogP contribution is 2.09. The zero-order valence-corrected chi connectivity index (χ0v) is 11.0. The van der Waals surface area contributed by atoms with Crippen molar-refractivity contribution < 1.29 is 4.42 Å². The molecule has 1 N–H and O–H groups in total. The largest absolute Gasteiger partial charge is 0.463 e. The van der Waals surface area contributed by atoms with Crippen molar-refractivity contribution in [3.05, 3.63) is 46.5 Å². The van der Waals surface area contributed by atoms with Gasteiger partial charge in [0.15, 0.2) is 0 Å². The normalized spacial score (nSPS) is 11.3. The number of hydrogen-bond donors (Lipinski definition) is 1. The van der Waals surface area contributed by atoms with E-state index in [0.29, 0.717) is 19.1 Å². The molecule has 0 radical (unpaired) electrons. The molecule has 0 amide bonds. The van der Waals surface area contributed by atoms with Gasteiger partial charge in [-0.25, -0.2) is 4.79 Å². The van der Waals surface area contributed by atoms with E-state index < -0.39 is 0 Å². The third kappa shape index (κ3) is 2.92. The van der Waals surface area contributed by atoms with Crippen LogP contribution in [0.4, 0.5) is 0 Å². The van der Waals surface area contributed by atoms with Gasteiger partial charge in [-0.15, -0.1) is 0 Å². The molecule has 2 heterocycles. The number of nitrogens with one attached hydrogen (secondary N) is 1. The summed E-state index contributed by atoms with van der Waals surface area (Å²) in [7, 11) is 1.74. The lowest BCUT2D eigenvalue weighted by Gasteiger charge is -2.05. The van der Waals surface area contributed by atoms with E-state index in [4.69, 9.17) is 4.42 Å². The van der Waals surface area contributed by atoms with Crippen LogP contribution in [0, 0.1) is 0 Å². The topological polar surface area (TPSA) is 52.1 Å². The monoisotopic (exact) mass is 249 g/mol. The Labute approximate surface area is 106 Å². The molecule has 0 aliphatic rings. The third-order valence-electron chi connectivity index (χ3n) is 2.75. The van der Waals surface area contributed by atoms with E-state index in [2.05, 4.69) is 19.2 Å². The zero-order chi connectivity index (χ0) is 13.1.